The van der Waals surface area contributed by atoms with Gasteiger partial charge in [-0.3, -0.25) is 4.99 Å². The molecule has 1 aromatic carbocycles. The third-order valence-corrected chi connectivity index (χ3v) is 4.72. The molecule has 1 aliphatic heterocycles. The summed E-state index contributed by atoms with van der Waals surface area (Å²) in [6, 6.07) is 6.55. The van der Waals surface area contributed by atoms with E-state index >= 15 is 0 Å². The van der Waals surface area contributed by atoms with Crippen molar-refractivity contribution in [3.63, 3.8) is 0 Å². The molecule has 1 heterocycles. The number of rotatable bonds is 8. The third kappa shape index (κ3) is 5.01. The van der Waals surface area contributed by atoms with Gasteiger partial charge in [0.25, 0.3) is 0 Å². The highest BCUT2D eigenvalue weighted by molar-refractivity contribution is 5.94. The van der Waals surface area contributed by atoms with Gasteiger partial charge in [0.2, 0.25) is 0 Å². The zero-order valence-corrected chi connectivity index (χ0v) is 15.3. The predicted molar refractivity (Wildman–Crippen MR) is 102 cm³/mol. The number of likely N-dealkylation sites (tertiary alicyclic amines) is 1. The van der Waals surface area contributed by atoms with Crippen LogP contribution >= 0.6 is 0 Å². The van der Waals surface area contributed by atoms with Gasteiger partial charge in [-0.05, 0) is 57.7 Å². The number of anilines is 1. The van der Waals surface area contributed by atoms with E-state index in [0.29, 0.717) is 25.1 Å². The quantitative estimate of drug-likeness (QED) is 0.559. The van der Waals surface area contributed by atoms with Crippen LogP contribution in [-0.4, -0.2) is 49.7 Å². The van der Waals surface area contributed by atoms with Crippen LogP contribution in [0.25, 0.3) is 0 Å². The molecule has 1 saturated carbocycles. The second kappa shape index (κ2) is 8.43. The van der Waals surface area contributed by atoms with Gasteiger partial charge in [-0.15, -0.1) is 0 Å². The zero-order chi connectivity index (χ0) is 17.6. The van der Waals surface area contributed by atoms with Crippen LogP contribution in [0.15, 0.2) is 23.2 Å². The highest BCUT2D eigenvalue weighted by Crippen LogP contribution is 2.32. The van der Waals surface area contributed by atoms with Crippen LogP contribution in [0.5, 0.6) is 11.5 Å². The van der Waals surface area contributed by atoms with Crippen molar-refractivity contribution in [2.24, 2.45) is 16.6 Å². The Balaban J connectivity index is 1.58. The van der Waals surface area contributed by atoms with Gasteiger partial charge in [0.15, 0.2) is 5.96 Å². The molecule has 6 heteroatoms. The lowest BCUT2D eigenvalue weighted by molar-refractivity contribution is 0.315. The predicted octanol–water partition coefficient (Wildman–Crippen LogP) is 2.69. The van der Waals surface area contributed by atoms with Gasteiger partial charge in [-0.1, -0.05) is 0 Å². The molecule has 1 saturated heterocycles. The first-order valence-electron chi connectivity index (χ1n) is 9.40. The fourth-order valence-corrected chi connectivity index (χ4v) is 3.33. The van der Waals surface area contributed by atoms with E-state index in [1.165, 1.54) is 25.8 Å². The van der Waals surface area contributed by atoms with Gasteiger partial charge in [0, 0.05) is 25.2 Å². The molecule has 0 bridgehead atoms. The summed E-state index contributed by atoms with van der Waals surface area (Å²) in [5.74, 6) is 2.59. The van der Waals surface area contributed by atoms with E-state index < -0.39 is 0 Å². The Morgan fingerprint density at radius 2 is 2.04 bits per heavy atom. The van der Waals surface area contributed by atoms with Crippen LogP contribution in [0.2, 0.25) is 0 Å². The number of ether oxygens (including phenoxy) is 2. The smallest absolute Gasteiger partial charge is 0.193 e. The van der Waals surface area contributed by atoms with Crippen LogP contribution in [0, 0.1) is 5.92 Å². The molecule has 0 spiro atoms. The minimum atomic E-state index is 0.430. The number of aliphatic imine (C=N–C) groups is 1. The van der Waals surface area contributed by atoms with E-state index in [1.807, 2.05) is 32.0 Å². The maximum absolute atomic E-state index is 6.11. The lowest BCUT2D eigenvalue weighted by Gasteiger charge is -2.15. The summed E-state index contributed by atoms with van der Waals surface area (Å²) in [7, 11) is 0. The van der Waals surface area contributed by atoms with Crippen LogP contribution in [0.4, 0.5) is 5.69 Å². The van der Waals surface area contributed by atoms with Crippen molar-refractivity contribution < 1.29 is 9.47 Å². The average Bonchev–Trinajstić information content (AvgIpc) is 3.34. The maximum atomic E-state index is 6.11. The van der Waals surface area contributed by atoms with Crippen molar-refractivity contribution in [1.82, 2.24) is 4.90 Å². The first-order valence-corrected chi connectivity index (χ1v) is 9.40. The van der Waals surface area contributed by atoms with Crippen molar-refractivity contribution in [1.29, 1.82) is 0 Å². The maximum Gasteiger partial charge on any atom is 0.193 e. The highest BCUT2D eigenvalue weighted by atomic mass is 16.5. The number of guanidine groups is 1. The second-order valence-corrected chi connectivity index (χ2v) is 6.76. The van der Waals surface area contributed by atoms with Crippen molar-refractivity contribution in [2.45, 2.75) is 39.2 Å². The molecule has 2 fully saturated rings. The minimum Gasteiger partial charge on any atom is -0.494 e. The molecule has 1 unspecified atom stereocenters. The Morgan fingerprint density at radius 3 is 2.76 bits per heavy atom. The summed E-state index contributed by atoms with van der Waals surface area (Å²) in [5.41, 5.74) is 6.90. The van der Waals surface area contributed by atoms with Gasteiger partial charge >= 0.3 is 0 Å². The first-order chi connectivity index (χ1) is 12.2. The molecule has 3 N–H and O–H groups in total. The molecule has 1 aliphatic carbocycles. The van der Waals surface area contributed by atoms with Gasteiger partial charge < -0.3 is 25.4 Å². The van der Waals surface area contributed by atoms with Crippen molar-refractivity contribution >= 4 is 11.6 Å². The standard InChI is InChI=1S/C19H30N4O2/c1-3-24-16-7-8-18(25-4-2)17(11-16)22-19(20)21-12-14-9-10-23(13-14)15-5-6-15/h7-8,11,14-15H,3-6,9-10,12-13H2,1-2H3,(H3,20,21,22). The third-order valence-electron chi connectivity index (χ3n) is 4.72. The highest BCUT2D eigenvalue weighted by Gasteiger charge is 2.34. The number of nitrogens with two attached hydrogens (primary N) is 1. The molecule has 0 amide bonds. The van der Waals surface area contributed by atoms with E-state index in [9.17, 15) is 0 Å². The summed E-state index contributed by atoms with van der Waals surface area (Å²) in [4.78, 5) is 7.15. The number of hydrogen-bond acceptors (Lipinski definition) is 4. The molecule has 1 atom stereocenters. The molecule has 6 nitrogen and oxygen atoms in total. The summed E-state index contributed by atoms with van der Waals surface area (Å²) in [5, 5.41) is 3.17. The molecular weight excluding hydrogens is 316 g/mol. The Labute approximate surface area is 150 Å². The molecule has 2 aliphatic rings. The van der Waals surface area contributed by atoms with Crippen LogP contribution in [0.1, 0.15) is 33.1 Å². The van der Waals surface area contributed by atoms with Gasteiger partial charge in [0.05, 0.1) is 18.9 Å². The largest absolute Gasteiger partial charge is 0.494 e. The Morgan fingerprint density at radius 1 is 1.24 bits per heavy atom. The Kier molecular flexibility index (Phi) is 6.02. The van der Waals surface area contributed by atoms with Gasteiger partial charge in [-0.2, -0.15) is 0 Å². The van der Waals surface area contributed by atoms with Crippen LogP contribution in [0.3, 0.4) is 0 Å². The summed E-state index contributed by atoms with van der Waals surface area (Å²) < 4.78 is 11.2. The fourth-order valence-electron chi connectivity index (χ4n) is 3.33. The molecule has 138 valence electrons. The summed E-state index contributed by atoms with van der Waals surface area (Å²) >= 11 is 0. The normalized spacial score (nSPS) is 21.4. The van der Waals surface area contributed by atoms with E-state index in [1.54, 1.807) is 0 Å². The van der Waals surface area contributed by atoms with Crippen LogP contribution < -0.4 is 20.5 Å². The van der Waals surface area contributed by atoms with Crippen molar-refractivity contribution in [3.05, 3.63) is 18.2 Å². The number of nitrogens with one attached hydrogen (secondary N) is 1. The van der Waals surface area contributed by atoms with E-state index in [-0.39, 0.29) is 0 Å². The molecular formula is C19H30N4O2. The fraction of sp³-hybridized carbons (Fsp3) is 0.632. The topological polar surface area (TPSA) is 72.1 Å². The average molecular weight is 346 g/mol. The van der Waals surface area contributed by atoms with E-state index in [4.69, 9.17) is 15.2 Å². The van der Waals surface area contributed by atoms with Crippen molar-refractivity contribution in [3.8, 4) is 11.5 Å². The SMILES string of the molecule is CCOc1ccc(OCC)c(NC(N)=NCC2CCN(C3CC3)C2)c1. The molecule has 1 aromatic rings. The second-order valence-electron chi connectivity index (χ2n) is 6.76. The molecule has 3 rings (SSSR count). The Hall–Kier alpha value is -1.95. The molecule has 25 heavy (non-hydrogen) atoms. The molecule has 0 radical (unpaired) electrons. The lowest BCUT2D eigenvalue weighted by atomic mass is 10.1. The monoisotopic (exact) mass is 346 g/mol. The lowest BCUT2D eigenvalue weighted by Crippen LogP contribution is -2.26. The molecule has 0 aromatic heterocycles. The summed E-state index contributed by atoms with van der Waals surface area (Å²) in [6.07, 6.45) is 3.96. The van der Waals surface area contributed by atoms with E-state index in [0.717, 1.165) is 36.3 Å². The van der Waals surface area contributed by atoms with Crippen LogP contribution in [-0.2, 0) is 0 Å². The summed E-state index contributed by atoms with van der Waals surface area (Å²) in [6.45, 7) is 8.29. The van der Waals surface area contributed by atoms with Crippen molar-refractivity contribution in [2.75, 3.05) is 38.2 Å². The van der Waals surface area contributed by atoms with E-state index in [2.05, 4.69) is 15.2 Å². The van der Waals surface area contributed by atoms with Gasteiger partial charge in [0.1, 0.15) is 11.5 Å². The first kappa shape index (κ1) is 17.9. The number of nitrogens with zero attached hydrogens (tertiary/aromatic N) is 2. The number of benzene rings is 1. The number of hydrogen-bond donors (Lipinski definition) is 2. The zero-order valence-electron chi connectivity index (χ0n) is 15.3. The van der Waals surface area contributed by atoms with Gasteiger partial charge in [-0.25, -0.2) is 0 Å². The minimum absolute atomic E-state index is 0.430. The Bertz CT molecular complexity index is 601.